The number of rotatable bonds is 6. The van der Waals surface area contributed by atoms with Gasteiger partial charge in [-0.25, -0.2) is 13.1 Å². The molecule has 9 heteroatoms. The number of benzene rings is 1. The molecule has 0 bridgehead atoms. The number of sulfonamides is 1. The zero-order chi connectivity index (χ0) is 14.6. The van der Waals surface area contributed by atoms with Crippen LogP contribution in [0.1, 0.15) is 12.8 Å². The minimum atomic E-state index is -3.90. The van der Waals surface area contributed by atoms with Gasteiger partial charge < -0.3 is 5.11 Å². The van der Waals surface area contributed by atoms with E-state index < -0.39 is 16.0 Å². The highest BCUT2D eigenvalue weighted by Crippen LogP contribution is 2.32. The number of halogens is 3. The molecule has 1 rings (SSSR count). The Kier molecular flexibility index (Phi) is 5.88. The van der Waals surface area contributed by atoms with Gasteiger partial charge in [0.15, 0.2) is 0 Å². The highest BCUT2D eigenvalue weighted by molar-refractivity contribution is 7.89. The summed E-state index contributed by atoms with van der Waals surface area (Å²) in [5.41, 5.74) is 0. The third-order valence-corrected chi connectivity index (χ3v) is 4.69. The van der Waals surface area contributed by atoms with Gasteiger partial charge in [-0.3, -0.25) is 4.79 Å². The van der Waals surface area contributed by atoms with E-state index >= 15 is 0 Å². The van der Waals surface area contributed by atoms with E-state index in [0.717, 1.165) is 0 Å². The molecule has 5 nitrogen and oxygen atoms in total. The van der Waals surface area contributed by atoms with Crippen LogP contribution in [0.4, 0.5) is 0 Å². The molecule has 0 amide bonds. The summed E-state index contributed by atoms with van der Waals surface area (Å²) in [4.78, 5) is 10.0. The highest BCUT2D eigenvalue weighted by atomic mass is 35.5. The predicted octanol–water partition coefficient (Wildman–Crippen LogP) is 2.79. The van der Waals surface area contributed by atoms with E-state index in [1.54, 1.807) is 0 Å². The van der Waals surface area contributed by atoms with Gasteiger partial charge in [0.2, 0.25) is 10.0 Å². The minimum Gasteiger partial charge on any atom is -0.481 e. The second-order valence-corrected chi connectivity index (χ2v) is 6.55. The van der Waals surface area contributed by atoms with E-state index in [-0.39, 0.29) is 39.3 Å². The molecule has 106 valence electrons. The number of nitrogens with one attached hydrogen (secondary N) is 1. The van der Waals surface area contributed by atoms with Crippen molar-refractivity contribution in [1.82, 2.24) is 4.72 Å². The molecular weight excluding hydrogens is 337 g/mol. The number of aliphatic carboxylic acids is 1. The quantitative estimate of drug-likeness (QED) is 0.776. The molecule has 0 unspecified atom stereocenters. The monoisotopic (exact) mass is 345 g/mol. The first kappa shape index (κ1) is 16.5. The number of hydrogen-bond acceptors (Lipinski definition) is 3. The number of carbonyl (C=O) groups is 1. The summed E-state index contributed by atoms with van der Waals surface area (Å²) in [6, 6.07) is 2.53. The smallest absolute Gasteiger partial charge is 0.303 e. The lowest BCUT2D eigenvalue weighted by molar-refractivity contribution is -0.137. The van der Waals surface area contributed by atoms with Gasteiger partial charge >= 0.3 is 5.97 Å². The van der Waals surface area contributed by atoms with Crippen molar-refractivity contribution in [2.75, 3.05) is 6.54 Å². The average molecular weight is 347 g/mol. The van der Waals surface area contributed by atoms with E-state index in [1.165, 1.54) is 12.1 Å². The van der Waals surface area contributed by atoms with Gasteiger partial charge in [-0.2, -0.15) is 0 Å². The van der Waals surface area contributed by atoms with Crippen LogP contribution in [0.15, 0.2) is 17.0 Å². The first-order valence-electron chi connectivity index (χ1n) is 5.10. The van der Waals surface area contributed by atoms with Crippen LogP contribution in [-0.2, 0) is 14.8 Å². The van der Waals surface area contributed by atoms with Gasteiger partial charge in [-0.15, -0.1) is 0 Å². The molecule has 0 aromatic heterocycles. The van der Waals surface area contributed by atoms with Crippen LogP contribution >= 0.6 is 34.8 Å². The molecular formula is C10H10Cl3NO4S. The summed E-state index contributed by atoms with van der Waals surface area (Å²) in [5.74, 6) is -0.998. The van der Waals surface area contributed by atoms with E-state index in [9.17, 15) is 13.2 Å². The van der Waals surface area contributed by atoms with Crippen LogP contribution in [0.5, 0.6) is 0 Å². The summed E-state index contributed by atoms with van der Waals surface area (Å²) in [7, 11) is -3.90. The largest absolute Gasteiger partial charge is 0.481 e. The van der Waals surface area contributed by atoms with Gasteiger partial charge in [-0.05, 0) is 18.6 Å². The average Bonchev–Trinajstić information content (AvgIpc) is 2.22. The minimum absolute atomic E-state index is 0.0239. The van der Waals surface area contributed by atoms with E-state index in [1.807, 2.05) is 0 Å². The summed E-state index contributed by atoms with van der Waals surface area (Å²) < 4.78 is 26.1. The maximum atomic E-state index is 12.0. The molecule has 0 saturated heterocycles. The Morgan fingerprint density at radius 3 is 2.21 bits per heavy atom. The number of carboxylic acid groups (broad SMARTS) is 1. The second-order valence-electron chi connectivity index (χ2n) is 3.59. The molecule has 19 heavy (non-hydrogen) atoms. The SMILES string of the molecule is O=C(O)CCCNS(=O)(=O)c1c(Cl)cc(Cl)cc1Cl. The van der Waals surface area contributed by atoms with Crippen LogP contribution in [0.3, 0.4) is 0 Å². The maximum absolute atomic E-state index is 12.0. The Bertz CT molecular complexity index is 565. The van der Waals surface area contributed by atoms with Gasteiger partial charge in [0.1, 0.15) is 4.90 Å². The maximum Gasteiger partial charge on any atom is 0.303 e. The fourth-order valence-corrected chi connectivity index (χ4v) is 3.92. The lowest BCUT2D eigenvalue weighted by atomic mass is 10.3. The fraction of sp³-hybridized carbons (Fsp3) is 0.300. The van der Waals surface area contributed by atoms with Gasteiger partial charge in [0.05, 0.1) is 10.0 Å². The normalized spacial score (nSPS) is 11.5. The molecule has 0 saturated carbocycles. The van der Waals surface area contributed by atoms with Crippen LogP contribution in [-0.4, -0.2) is 26.0 Å². The van der Waals surface area contributed by atoms with Crippen molar-refractivity contribution in [2.45, 2.75) is 17.7 Å². The molecule has 1 aromatic carbocycles. The zero-order valence-electron chi connectivity index (χ0n) is 9.49. The first-order valence-corrected chi connectivity index (χ1v) is 7.72. The van der Waals surface area contributed by atoms with Crippen molar-refractivity contribution in [3.8, 4) is 0 Å². The van der Waals surface area contributed by atoms with Crippen LogP contribution in [0, 0.1) is 0 Å². The Hall–Kier alpha value is -0.530. The zero-order valence-corrected chi connectivity index (χ0v) is 12.6. The molecule has 0 aliphatic heterocycles. The third-order valence-electron chi connectivity index (χ3n) is 2.09. The molecule has 2 N–H and O–H groups in total. The molecule has 0 aliphatic rings. The number of carboxylic acids is 1. The van der Waals surface area contributed by atoms with E-state index in [2.05, 4.69) is 4.72 Å². The fourth-order valence-electron chi connectivity index (χ4n) is 1.30. The molecule has 0 heterocycles. The molecule has 1 aromatic rings. The summed E-state index contributed by atoms with van der Waals surface area (Å²) in [6.07, 6.45) is 0.0298. The molecule has 0 fully saturated rings. The Labute approximate surface area is 125 Å². The number of hydrogen-bond donors (Lipinski definition) is 2. The standard InChI is InChI=1S/C10H10Cl3NO4S/c11-6-4-7(12)10(8(13)5-6)19(17,18)14-3-1-2-9(15)16/h4-5,14H,1-3H2,(H,15,16). The molecule has 0 spiro atoms. The van der Waals surface area contributed by atoms with Crippen molar-refractivity contribution < 1.29 is 18.3 Å². The van der Waals surface area contributed by atoms with Crippen LogP contribution in [0.25, 0.3) is 0 Å². The van der Waals surface area contributed by atoms with E-state index in [0.29, 0.717) is 0 Å². The van der Waals surface area contributed by atoms with Gasteiger partial charge in [0.25, 0.3) is 0 Å². The van der Waals surface area contributed by atoms with E-state index in [4.69, 9.17) is 39.9 Å². The van der Waals surface area contributed by atoms with Crippen molar-refractivity contribution in [1.29, 1.82) is 0 Å². The summed E-state index contributed by atoms with van der Waals surface area (Å²) in [5, 5.41) is 8.48. The van der Waals surface area contributed by atoms with Crippen molar-refractivity contribution in [2.24, 2.45) is 0 Å². The van der Waals surface area contributed by atoms with Crippen molar-refractivity contribution in [3.63, 3.8) is 0 Å². The third kappa shape index (κ3) is 4.81. The Balaban J connectivity index is 2.86. The second kappa shape index (κ2) is 6.76. The van der Waals surface area contributed by atoms with Crippen molar-refractivity contribution in [3.05, 3.63) is 27.2 Å². The Morgan fingerprint density at radius 1 is 1.21 bits per heavy atom. The van der Waals surface area contributed by atoms with Crippen LogP contribution in [0.2, 0.25) is 15.1 Å². The van der Waals surface area contributed by atoms with Gasteiger partial charge in [-0.1, -0.05) is 34.8 Å². The molecule has 0 aliphatic carbocycles. The lowest BCUT2D eigenvalue weighted by Crippen LogP contribution is -2.25. The van der Waals surface area contributed by atoms with Gasteiger partial charge in [0, 0.05) is 18.0 Å². The molecule has 0 atom stereocenters. The lowest BCUT2D eigenvalue weighted by Gasteiger charge is -2.10. The summed E-state index contributed by atoms with van der Waals surface area (Å²) >= 11 is 17.3. The Morgan fingerprint density at radius 2 is 1.74 bits per heavy atom. The summed E-state index contributed by atoms with van der Waals surface area (Å²) in [6.45, 7) is -0.0239. The topological polar surface area (TPSA) is 83.5 Å². The van der Waals surface area contributed by atoms with Crippen LogP contribution < -0.4 is 4.72 Å². The first-order chi connectivity index (χ1) is 8.74. The highest BCUT2D eigenvalue weighted by Gasteiger charge is 2.22. The van der Waals surface area contributed by atoms with Crippen molar-refractivity contribution >= 4 is 50.8 Å². The molecule has 0 radical (unpaired) electrons. The predicted molar refractivity (Wildman–Crippen MR) is 73.5 cm³/mol.